The highest BCUT2D eigenvalue weighted by Crippen LogP contribution is 2.43. The summed E-state index contributed by atoms with van der Waals surface area (Å²) >= 11 is 7.40. The van der Waals surface area contributed by atoms with Gasteiger partial charge in [0.05, 0.1) is 28.7 Å². The van der Waals surface area contributed by atoms with Gasteiger partial charge in [0.1, 0.15) is 0 Å². The van der Waals surface area contributed by atoms with Crippen LogP contribution in [0.5, 0.6) is 0 Å². The molecule has 25 heavy (non-hydrogen) atoms. The molecule has 1 aromatic carbocycles. The summed E-state index contributed by atoms with van der Waals surface area (Å²) in [6, 6.07) is 6.60. The predicted octanol–water partition coefficient (Wildman–Crippen LogP) is 3.94. The van der Waals surface area contributed by atoms with Crippen molar-refractivity contribution in [2.75, 3.05) is 0 Å². The van der Waals surface area contributed by atoms with Crippen molar-refractivity contribution in [3.63, 3.8) is 0 Å². The molecule has 2 heterocycles. The lowest BCUT2D eigenvalue weighted by molar-refractivity contribution is -0.143. The minimum absolute atomic E-state index is 0.0638. The Kier molecular flexibility index (Phi) is 4.93. The fourth-order valence-electron chi connectivity index (χ4n) is 2.90. The lowest BCUT2D eigenvalue weighted by Crippen LogP contribution is -2.40. The Hall–Kier alpha value is -1.79. The van der Waals surface area contributed by atoms with Gasteiger partial charge < -0.3 is 4.74 Å². The van der Waals surface area contributed by atoms with E-state index in [1.54, 1.807) is 37.8 Å². The average molecular weight is 379 g/mol. The molecule has 5 nitrogen and oxygen atoms in total. The molecule has 0 aromatic heterocycles. The summed E-state index contributed by atoms with van der Waals surface area (Å²) < 4.78 is 5.41. The summed E-state index contributed by atoms with van der Waals surface area (Å²) in [7, 11) is 0. The topological polar surface area (TPSA) is 59.0 Å². The van der Waals surface area contributed by atoms with Crippen LogP contribution in [0.15, 0.2) is 40.5 Å². The zero-order valence-electron chi connectivity index (χ0n) is 14.4. The van der Waals surface area contributed by atoms with Crippen molar-refractivity contribution in [3.8, 4) is 0 Å². The molecule has 1 saturated heterocycles. The average Bonchev–Trinajstić information content (AvgIpc) is 2.80. The van der Waals surface area contributed by atoms with Crippen molar-refractivity contribution in [2.45, 2.75) is 45.1 Å². The van der Waals surface area contributed by atoms with E-state index in [-0.39, 0.29) is 17.3 Å². The molecule has 1 amide bonds. The number of amides is 1. The zero-order chi connectivity index (χ0) is 18.3. The van der Waals surface area contributed by atoms with Crippen LogP contribution in [0.4, 0.5) is 0 Å². The first kappa shape index (κ1) is 18.0. The van der Waals surface area contributed by atoms with E-state index in [0.717, 1.165) is 5.56 Å². The van der Waals surface area contributed by atoms with E-state index in [9.17, 15) is 9.59 Å². The van der Waals surface area contributed by atoms with Gasteiger partial charge in [-0.2, -0.15) is 0 Å². The van der Waals surface area contributed by atoms with Crippen molar-refractivity contribution in [1.29, 1.82) is 0 Å². The second kappa shape index (κ2) is 6.84. The van der Waals surface area contributed by atoms with Gasteiger partial charge in [0.2, 0.25) is 5.91 Å². The van der Waals surface area contributed by atoms with E-state index in [2.05, 4.69) is 4.99 Å². The van der Waals surface area contributed by atoms with Crippen LogP contribution in [0.25, 0.3) is 0 Å². The van der Waals surface area contributed by atoms with Gasteiger partial charge in [0, 0.05) is 5.02 Å². The number of allylic oxidation sites excluding steroid dienone is 1. The fourth-order valence-corrected chi connectivity index (χ4v) is 4.06. The number of esters is 1. The molecule has 1 fully saturated rings. The quantitative estimate of drug-likeness (QED) is 0.747. The van der Waals surface area contributed by atoms with Gasteiger partial charge in [-0.05, 0) is 45.4 Å². The van der Waals surface area contributed by atoms with Gasteiger partial charge in [-0.25, -0.2) is 9.79 Å². The van der Waals surface area contributed by atoms with Crippen LogP contribution < -0.4 is 0 Å². The van der Waals surface area contributed by atoms with Gasteiger partial charge in [0.15, 0.2) is 5.17 Å². The lowest BCUT2D eigenvalue weighted by atomic mass is 9.94. The van der Waals surface area contributed by atoms with Crippen molar-refractivity contribution < 1.29 is 14.3 Å². The summed E-state index contributed by atoms with van der Waals surface area (Å²) in [5.74, 6) is -0.515. The smallest absolute Gasteiger partial charge is 0.338 e. The third-order valence-corrected chi connectivity index (χ3v) is 5.31. The van der Waals surface area contributed by atoms with E-state index < -0.39 is 12.0 Å². The summed E-state index contributed by atoms with van der Waals surface area (Å²) in [6.07, 6.45) is -0.258. The van der Waals surface area contributed by atoms with Crippen LogP contribution in [0.2, 0.25) is 5.02 Å². The fraction of sp³-hybridized carbons (Fsp3) is 0.389. The molecule has 0 spiro atoms. The van der Waals surface area contributed by atoms with E-state index >= 15 is 0 Å². The van der Waals surface area contributed by atoms with Crippen molar-refractivity contribution in [2.24, 2.45) is 4.99 Å². The van der Waals surface area contributed by atoms with E-state index in [1.165, 1.54) is 11.8 Å². The second-order valence-corrected chi connectivity index (χ2v) is 8.01. The van der Waals surface area contributed by atoms with Crippen molar-refractivity contribution in [3.05, 3.63) is 46.1 Å². The summed E-state index contributed by atoms with van der Waals surface area (Å²) in [5.41, 5.74) is 1.77. The number of carbonyl (C=O) groups is 2. The monoisotopic (exact) mass is 378 g/mol. The molecule has 0 aliphatic carbocycles. The Morgan fingerprint density at radius 2 is 1.96 bits per heavy atom. The maximum atomic E-state index is 12.7. The minimum atomic E-state index is -0.555. The lowest BCUT2D eigenvalue weighted by Gasteiger charge is -2.33. The van der Waals surface area contributed by atoms with Crippen LogP contribution in [0.1, 0.15) is 39.3 Å². The van der Waals surface area contributed by atoms with Crippen LogP contribution >= 0.6 is 23.4 Å². The van der Waals surface area contributed by atoms with Crippen molar-refractivity contribution >= 4 is 40.4 Å². The number of carbonyl (C=O) groups excluding carboxylic acids is 2. The molecule has 2 unspecified atom stereocenters. The number of thioether (sulfide) groups is 1. The van der Waals surface area contributed by atoms with Gasteiger partial charge in [0.25, 0.3) is 0 Å². The largest absolute Gasteiger partial charge is 0.459 e. The number of benzene rings is 1. The number of halogens is 1. The molecule has 0 saturated carbocycles. The van der Waals surface area contributed by atoms with Crippen LogP contribution in [-0.2, 0) is 14.3 Å². The molecule has 7 heteroatoms. The van der Waals surface area contributed by atoms with E-state index in [0.29, 0.717) is 21.5 Å². The molecule has 0 N–H and O–H groups in total. The third kappa shape index (κ3) is 3.33. The molecular formula is C18H19ClN2O3S. The number of hydrogen-bond donors (Lipinski definition) is 0. The minimum Gasteiger partial charge on any atom is -0.459 e. The highest BCUT2D eigenvalue weighted by Gasteiger charge is 2.46. The first-order chi connectivity index (χ1) is 11.8. The summed E-state index contributed by atoms with van der Waals surface area (Å²) in [5, 5.41) is 0.980. The Balaban J connectivity index is 2.12. The van der Waals surface area contributed by atoms with Gasteiger partial charge >= 0.3 is 5.97 Å². The van der Waals surface area contributed by atoms with Gasteiger partial charge in [-0.3, -0.25) is 9.69 Å². The maximum absolute atomic E-state index is 12.7. The van der Waals surface area contributed by atoms with Crippen LogP contribution in [0, 0.1) is 0 Å². The van der Waals surface area contributed by atoms with Crippen LogP contribution in [0.3, 0.4) is 0 Å². The Labute approximate surface area is 156 Å². The first-order valence-corrected chi connectivity index (χ1v) is 9.31. The summed E-state index contributed by atoms with van der Waals surface area (Å²) in [6.45, 7) is 7.20. The molecule has 2 aliphatic heterocycles. The molecule has 1 aromatic rings. The van der Waals surface area contributed by atoms with Crippen molar-refractivity contribution in [1.82, 2.24) is 4.90 Å². The van der Waals surface area contributed by atoms with Gasteiger partial charge in [-0.15, -0.1) is 0 Å². The summed E-state index contributed by atoms with van der Waals surface area (Å²) in [4.78, 5) is 31.5. The molecule has 0 bridgehead atoms. The molecule has 3 rings (SSSR count). The molecular weight excluding hydrogens is 360 g/mol. The standard InChI is InChI=1S/C18H19ClN2O3S/c1-9(2)24-17(23)14-10(3)20-18-21(16(22)11(4)25-18)15(14)12-5-7-13(19)8-6-12/h5-9,11,15H,1-4H3. The molecule has 0 radical (unpaired) electrons. The predicted molar refractivity (Wildman–Crippen MR) is 99.5 cm³/mol. The number of amidine groups is 1. The number of ether oxygens (including phenoxy) is 1. The molecule has 2 aliphatic rings. The highest BCUT2D eigenvalue weighted by atomic mass is 35.5. The number of nitrogens with zero attached hydrogens (tertiary/aromatic N) is 2. The number of aliphatic imine (C=N–C) groups is 1. The highest BCUT2D eigenvalue weighted by molar-refractivity contribution is 8.15. The van der Waals surface area contributed by atoms with Gasteiger partial charge in [-0.1, -0.05) is 35.5 Å². The SMILES string of the molecule is CC1=C(C(=O)OC(C)C)C(c2ccc(Cl)cc2)N2C(=O)C(C)SC2=N1. The normalized spacial score (nSPS) is 23.0. The number of rotatable bonds is 3. The Morgan fingerprint density at radius 3 is 2.56 bits per heavy atom. The second-order valence-electron chi connectivity index (χ2n) is 6.27. The molecule has 2 atom stereocenters. The first-order valence-electron chi connectivity index (χ1n) is 8.05. The Morgan fingerprint density at radius 1 is 1.32 bits per heavy atom. The van der Waals surface area contributed by atoms with E-state index in [4.69, 9.17) is 16.3 Å². The number of hydrogen-bond acceptors (Lipinski definition) is 5. The molecule has 132 valence electrons. The third-order valence-electron chi connectivity index (χ3n) is 4.01. The van der Waals surface area contributed by atoms with E-state index in [1.807, 2.05) is 19.1 Å². The Bertz CT molecular complexity index is 786. The zero-order valence-corrected chi connectivity index (χ0v) is 16.0. The maximum Gasteiger partial charge on any atom is 0.338 e. The number of fused-ring (bicyclic) bond motifs is 1. The van der Waals surface area contributed by atoms with Crippen LogP contribution in [-0.4, -0.2) is 33.3 Å².